The fourth-order valence-electron chi connectivity index (χ4n) is 10.5. The van der Waals surface area contributed by atoms with E-state index in [0.717, 1.165) is 106 Å². The lowest BCUT2D eigenvalue weighted by Crippen LogP contribution is -2.03. The molecule has 9 aromatic carbocycles. The van der Waals surface area contributed by atoms with Crippen molar-refractivity contribution in [1.82, 2.24) is 29.1 Å². The van der Waals surface area contributed by atoms with Gasteiger partial charge in [0.05, 0.1) is 22.1 Å². The van der Waals surface area contributed by atoms with Crippen molar-refractivity contribution in [3.05, 3.63) is 242 Å². The Morgan fingerprint density at radius 1 is 0.286 bits per heavy atom. The number of fused-ring (bicyclic) bond motifs is 6. The maximum Gasteiger partial charge on any atom is 0.164 e. The highest BCUT2D eigenvalue weighted by Crippen LogP contribution is 2.48. The molecule has 330 valence electrons. The van der Waals surface area contributed by atoms with Crippen LogP contribution < -0.4 is 0 Å². The lowest BCUT2D eigenvalue weighted by Gasteiger charge is -2.21. The van der Waals surface area contributed by atoms with Crippen molar-refractivity contribution in [2.24, 2.45) is 0 Å². The zero-order valence-corrected chi connectivity index (χ0v) is 38.6. The first kappa shape index (κ1) is 41.0. The molecule has 4 aromatic heterocycles. The normalized spacial score (nSPS) is 11.6. The lowest BCUT2D eigenvalue weighted by molar-refractivity contribution is 1.07. The van der Waals surface area contributed by atoms with Crippen molar-refractivity contribution in [1.29, 1.82) is 0 Å². The number of pyridine rings is 1. The van der Waals surface area contributed by atoms with Crippen LogP contribution in [-0.2, 0) is 0 Å². The Morgan fingerprint density at radius 3 is 1.19 bits per heavy atom. The molecule has 70 heavy (non-hydrogen) atoms. The van der Waals surface area contributed by atoms with E-state index >= 15 is 0 Å². The molecular formula is C64H44N6. The number of aromatic nitrogens is 6. The van der Waals surface area contributed by atoms with Crippen LogP contribution in [0.3, 0.4) is 0 Å². The Labute approximate surface area is 405 Å². The first-order valence-corrected chi connectivity index (χ1v) is 23.7. The Morgan fingerprint density at radius 2 is 0.686 bits per heavy atom. The molecule has 0 saturated carbocycles. The Balaban J connectivity index is 1.17. The van der Waals surface area contributed by atoms with E-state index in [1.165, 1.54) is 10.8 Å². The van der Waals surface area contributed by atoms with E-state index in [-0.39, 0.29) is 0 Å². The standard InChI is InChI=1S/C64H44N6/c1-41-31-34-49(42(2)65-41)52-35-36-53(64-67-62(43-19-7-3-8-20-43)66-63(68-64)44-21-9-4-10-22-44)61(46-33-38-59-55(40-46)51-28-16-18-30-57(51)70(59)48-25-13-6-14-26-48)60(52)45-32-37-58-54(39-45)50-27-15-17-29-56(50)69(58)47-23-11-5-12-24-47/h3-40H,1-2H3. The quantitative estimate of drug-likeness (QED) is 0.152. The number of hydrogen-bond donors (Lipinski definition) is 0. The number of para-hydroxylation sites is 4. The van der Waals surface area contributed by atoms with E-state index in [9.17, 15) is 0 Å². The second kappa shape index (κ2) is 16.8. The maximum absolute atomic E-state index is 5.39. The van der Waals surface area contributed by atoms with E-state index < -0.39 is 0 Å². The van der Waals surface area contributed by atoms with Gasteiger partial charge in [-0.2, -0.15) is 0 Å². The molecule has 4 heterocycles. The van der Waals surface area contributed by atoms with Crippen LogP contribution in [0.25, 0.3) is 123 Å². The number of hydrogen-bond acceptors (Lipinski definition) is 4. The second-order valence-corrected chi connectivity index (χ2v) is 17.9. The first-order chi connectivity index (χ1) is 34.6. The van der Waals surface area contributed by atoms with Crippen LogP contribution >= 0.6 is 0 Å². The van der Waals surface area contributed by atoms with Crippen LogP contribution in [0.15, 0.2) is 231 Å². The molecule has 0 aliphatic heterocycles. The molecule has 13 rings (SSSR count). The molecular weight excluding hydrogens is 853 g/mol. The summed E-state index contributed by atoms with van der Waals surface area (Å²) in [4.78, 5) is 21.0. The molecule has 6 nitrogen and oxygen atoms in total. The molecule has 0 bridgehead atoms. The van der Waals surface area contributed by atoms with Crippen molar-refractivity contribution in [2.75, 3.05) is 0 Å². The van der Waals surface area contributed by atoms with Crippen molar-refractivity contribution in [3.63, 3.8) is 0 Å². The van der Waals surface area contributed by atoms with Gasteiger partial charge in [0.2, 0.25) is 0 Å². The molecule has 0 unspecified atom stereocenters. The summed E-state index contributed by atoms with van der Waals surface area (Å²) in [6, 6.07) is 81.8. The zero-order chi connectivity index (χ0) is 46.7. The monoisotopic (exact) mass is 896 g/mol. The Kier molecular flexibility index (Phi) is 9.84. The van der Waals surface area contributed by atoms with Crippen LogP contribution in [0, 0.1) is 13.8 Å². The summed E-state index contributed by atoms with van der Waals surface area (Å²) in [6.45, 7) is 4.17. The summed E-state index contributed by atoms with van der Waals surface area (Å²) < 4.78 is 4.74. The SMILES string of the molecule is Cc1ccc(-c2ccc(-c3nc(-c4ccccc4)nc(-c4ccccc4)n3)c(-c3ccc4c(c3)c3ccccc3n4-c3ccccc3)c2-c2ccc3c(c2)c2ccccc2n3-c2ccccc2)c(C)n1. The number of benzene rings is 9. The van der Waals surface area contributed by atoms with Gasteiger partial charge in [0.25, 0.3) is 0 Å². The van der Waals surface area contributed by atoms with Crippen molar-refractivity contribution < 1.29 is 0 Å². The highest BCUT2D eigenvalue weighted by Gasteiger charge is 2.25. The molecule has 6 heteroatoms. The van der Waals surface area contributed by atoms with Gasteiger partial charge in [-0.15, -0.1) is 0 Å². The number of aryl methyl sites for hydroxylation is 2. The fourth-order valence-corrected chi connectivity index (χ4v) is 10.5. The minimum Gasteiger partial charge on any atom is -0.309 e. The molecule has 0 radical (unpaired) electrons. The third-order valence-corrected chi connectivity index (χ3v) is 13.6. The summed E-state index contributed by atoms with van der Waals surface area (Å²) in [5, 5.41) is 4.68. The summed E-state index contributed by atoms with van der Waals surface area (Å²) in [5.74, 6) is 1.80. The van der Waals surface area contributed by atoms with Gasteiger partial charge in [-0.05, 0) is 109 Å². The van der Waals surface area contributed by atoms with E-state index in [1.54, 1.807) is 0 Å². The minimum absolute atomic E-state index is 0.586. The Hall–Kier alpha value is -9.26. The van der Waals surface area contributed by atoms with Gasteiger partial charge < -0.3 is 9.13 Å². The molecule has 0 aliphatic rings. The summed E-state index contributed by atoms with van der Waals surface area (Å²) in [7, 11) is 0. The zero-order valence-electron chi connectivity index (χ0n) is 38.6. The van der Waals surface area contributed by atoms with Gasteiger partial charge >= 0.3 is 0 Å². The van der Waals surface area contributed by atoms with Crippen molar-refractivity contribution in [3.8, 4) is 78.9 Å². The van der Waals surface area contributed by atoms with E-state index in [1.807, 2.05) is 36.4 Å². The smallest absolute Gasteiger partial charge is 0.164 e. The molecule has 13 aromatic rings. The van der Waals surface area contributed by atoms with Gasteiger partial charge in [-0.1, -0.05) is 158 Å². The highest BCUT2D eigenvalue weighted by molar-refractivity contribution is 6.14. The van der Waals surface area contributed by atoms with Crippen LogP contribution in [0.1, 0.15) is 11.4 Å². The lowest BCUT2D eigenvalue weighted by atomic mass is 9.83. The van der Waals surface area contributed by atoms with Gasteiger partial charge in [0.15, 0.2) is 17.5 Å². The molecule has 0 N–H and O–H groups in total. The molecule has 0 amide bonds. The van der Waals surface area contributed by atoms with Crippen LogP contribution in [0.2, 0.25) is 0 Å². The Bertz CT molecular complexity index is 4060. The number of rotatable bonds is 8. The summed E-state index contributed by atoms with van der Waals surface area (Å²) in [5.41, 5.74) is 17.8. The van der Waals surface area contributed by atoms with Gasteiger partial charge in [0.1, 0.15) is 0 Å². The third kappa shape index (κ3) is 6.88. The second-order valence-electron chi connectivity index (χ2n) is 17.9. The first-order valence-electron chi connectivity index (χ1n) is 23.7. The molecule has 0 atom stereocenters. The van der Waals surface area contributed by atoms with Gasteiger partial charge in [0, 0.05) is 72.1 Å². The van der Waals surface area contributed by atoms with Gasteiger partial charge in [-0.25, -0.2) is 15.0 Å². The van der Waals surface area contributed by atoms with Crippen LogP contribution in [-0.4, -0.2) is 29.1 Å². The van der Waals surface area contributed by atoms with E-state index in [0.29, 0.717) is 17.5 Å². The summed E-state index contributed by atoms with van der Waals surface area (Å²) >= 11 is 0. The average Bonchev–Trinajstić information content (AvgIpc) is 3.93. The molecule has 0 fully saturated rings. The minimum atomic E-state index is 0.586. The van der Waals surface area contributed by atoms with E-state index in [2.05, 4.69) is 217 Å². The summed E-state index contributed by atoms with van der Waals surface area (Å²) in [6.07, 6.45) is 0. The fraction of sp³-hybridized carbons (Fsp3) is 0.0312. The van der Waals surface area contributed by atoms with E-state index in [4.69, 9.17) is 19.9 Å². The predicted octanol–water partition coefficient (Wildman–Crippen LogP) is 16.1. The van der Waals surface area contributed by atoms with Crippen LogP contribution in [0.4, 0.5) is 0 Å². The van der Waals surface area contributed by atoms with Crippen LogP contribution in [0.5, 0.6) is 0 Å². The predicted molar refractivity (Wildman–Crippen MR) is 288 cm³/mol. The largest absolute Gasteiger partial charge is 0.309 e. The molecule has 0 aliphatic carbocycles. The number of nitrogens with zero attached hydrogens (tertiary/aromatic N) is 6. The van der Waals surface area contributed by atoms with Gasteiger partial charge in [-0.3, -0.25) is 4.98 Å². The maximum atomic E-state index is 5.39. The average molecular weight is 897 g/mol. The topological polar surface area (TPSA) is 61.4 Å². The van der Waals surface area contributed by atoms with Crippen molar-refractivity contribution in [2.45, 2.75) is 13.8 Å². The molecule has 0 spiro atoms. The van der Waals surface area contributed by atoms with Crippen molar-refractivity contribution >= 4 is 43.6 Å². The molecule has 0 saturated heterocycles. The highest BCUT2D eigenvalue weighted by atomic mass is 15.0. The third-order valence-electron chi connectivity index (χ3n) is 13.6.